The van der Waals surface area contributed by atoms with Gasteiger partial charge in [0.15, 0.2) is 0 Å². The molecule has 0 aliphatic carbocycles. The summed E-state index contributed by atoms with van der Waals surface area (Å²) in [6.45, 7) is 6.93. The van der Waals surface area contributed by atoms with E-state index in [0.717, 1.165) is 23.6 Å². The lowest BCUT2D eigenvalue weighted by atomic mass is 10.1. The molecule has 0 fully saturated rings. The van der Waals surface area contributed by atoms with Crippen LogP contribution in [0.25, 0.3) is 0 Å². The SMILES string of the molecule is CCOc1ccc(NC(C)Cc2ccco2)c(C)c1. The van der Waals surface area contributed by atoms with Crippen LogP contribution in [0.15, 0.2) is 41.0 Å². The Morgan fingerprint density at radius 3 is 2.79 bits per heavy atom. The highest BCUT2D eigenvalue weighted by Crippen LogP contribution is 2.22. The van der Waals surface area contributed by atoms with Crippen molar-refractivity contribution in [3.8, 4) is 5.75 Å². The van der Waals surface area contributed by atoms with Crippen molar-refractivity contribution in [1.82, 2.24) is 0 Å². The first kappa shape index (κ1) is 13.5. The molecule has 1 N–H and O–H groups in total. The zero-order valence-electron chi connectivity index (χ0n) is 11.8. The van der Waals surface area contributed by atoms with E-state index < -0.39 is 0 Å². The van der Waals surface area contributed by atoms with E-state index in [2.05, 4.69) is 31.3 Å². The molecule has 2 aromatic rings. The van der Waals surface area contributed by atoms with Gasteiger partial charge in [-0.25, -0.2) is 0 Å². The number of rotatable bonds is 6. The normalized spacial score (nSPS) is 12.2. The standard InChI is InChI=1S/C16H21NO2/c1-4-18-15-7-8-16(12(2)10-15)17-13(3)11-14-6-5-9-19-14/h5-10,13,17H,4,11H2,1-3H3. The van der Waals surface area contributed by atoms with Crippen LogP contribution in [-0.2, 0) is 6.42 Å². The molecule has 3 nitrogen and oxygen atoms in total. The fourth-order valence-electron chi connectivity index (χ4n) is 2.10. The van der Waals surface area contributed by atoms with Gasteiger partial charge in [-0.3, -0.25) is 0 Å². The van der Waals surface area contributed by atoms with E-state index in [0.29, 0.717) is 12.6 Å². The summed E-state index contributed by atoms with van der Waals surface area (Å²) in [7, 11) is 0. The van der Waals surface area contributed by atoms with Gasteiger partial charge in [0.2, 0.25) is 0 Å². The van der Waals surface area contributed by atoms with Crippen LogP contribution in [0.4, 0.5) is 5.69 Å². The molecular weight excluding hydrogens is 238 g/mol. The maximum atomic E-state index is 5.49. The van der Waals surface area contributed by atoms with E-state index in [1.807, 2.05) is 25.1 Å². The molecule has 102 valence electrons. The highest BCUT2D eigenvalue weighted by Gasteiger charge is 2.07. The van der Waals surface area contributed by atoms with Crippen molar-refractivity contribution in [2.24, 2.45) is 0 Å². The molecule has 0 radical (unpaired) electrons. The first-order chi connectivity index (χ1) is 9.19. The maximum Gasteiger partial charge on any atom is 0.119 e. The van der Waals surface area contributed by atoms with Crippen molar-refractivity contribution in [1.29, 1.82) is 0 Å². The number of hydrogen-bond acceptors (Lipinski definition) is 3. The van der Waals surface area contributed by atoms with E-state index in [4.69, 9.17) is 9.15 Å². The van der Waals surface area contributed by atoms with Crippen LogP contribution in [0.2, 0.25) is 0 Å². The number of benzene rings is 1. The minimum atomic E-state index is 0.322. The lowest BCUT2D eigenvalue weighted by Gasteiger charge is -2.17. The van der Waals surface area contributed by atoms with Crippen molar-refractivity contribution in [3.63, 3.8) is 0 Å². The van der Waals surface area contributed by atoms with E-state index in [9.17, 15) is 0 Å². The Bertz CT molecular complexity index is 505. The Kier molecular flexibility index (Phi) is 4.50. The summed E-state index contributed by atoms with van der Waals surface area (Å²) in [6, 6.07) is 10.4. The molecular formula is C16H21NO2. The Morgan fingerprint density at radius 1 is 1.32 bits per heavy atom. The molecule has 1 aromatic heterocycles. The zero-order chi connectivity index (χ0) is 13.7. The van der Waals surface area contributed by atoms with Crippen molar-refractivity contribution in [2.75, 3.05) is 11.9 Å². The summed E-state index contributed by atoms with van der Waals surface area (Å²) in [6.07, 6.45) is 2.59. The predicted octanol–water partition coefficient (Wildman–Crippen LogP) is 4.03. The fraction of sp³-hybridized carbons (Fsp3) is 0.375. The van der Waals surface area contributed by atoms with Gasteiger partial charge in [-0.15, -0.1) is 0 Å². The van der Waals surface area contributed by atoms with Crippen molar-refractivity contribution < 1.29 is 9.15 Å². The minimum absolute atomic E-state index is 0.322. The predicted molar refractivity (Wildman–Crippen MR) is 77.8 cm³/mol. The molecule has 1 heterocycles. The van der Waals surface area contributed by atoms with Crippen LogP contribution >= 0.6 is 0 Å². The Hall–Kier alpha value is -1.90. The third-order valence-electron chi connectivity index (χ3n) is 3.00. The molecule has 3 heteroatoms. The molecule has 0 aliphatic rings. The largest absolute Gasteiger partial charge is 0.494 e. The number of furan rings is 1. The molecule has 0 aliphatic heterocycles. The van der Waals surface area contributed by atoms with Gasteiger partial charge >= 0.3 is 0 Å². The molecule has 0 saturated carbocycles. The van der Waals surface area contributed by atoms with Gasteiger partial charge < -0.3 is 14.5 Å². The average Bonchev–Trinajstić information content (AvgIpc) is 2.86. The summed E-state index contributed by atoms with van der Waals surface area (Å²) in [5.41, 5.74) is 2.33. The van der Waals surface area contributed by atoms with Gasteiger partial charge in [-0.2, -0.15) is 0 Å². The van der Waals surface area contributed by atoms with Crippen LogP contribution < -0.4 is 10.1 Å². The fourth-order valence-corrected chi connectivity index (χ4v) is 2.10. The van der Waals surface area contributed by atoms with E-state index in [1.165, 1.54) is 5.56 Å². The van der Waals surface area contributed by atoms with Crippen LogP contribution in [0.5, 0.6) is 5.75 Å². The van der Waals surface area contributed by atoms with Crippen molar-refractivity contribution in [2.45, 2.75) is 33.2 Å². The topological polar surface area (TPSA) is 34.4 Å². The van der Waals surface area contributed by atoms with Gasteiger partial charge in [-0.1, -0.05) is 0 Å². The molecule has 0 amide bonds. The van der Waals surface area contributed by atoms with Crippen molar-refractivity contribution in [3.05, 3.63) is 47.9 Å². The third kappa shape index (κ3) is 3.78. The number of anilines is 1. The second-order valence-electron chi connectivity index (χ2n) is 4.74. The average molecular weight is 259 g/mol. The minimum Gasteiger partial charge on any atom is -0.494 e. The van der Waals surface area contributed by atoms with Gasteiger partial charge in [0.25, 0.3) is 0 Å². The summed E-state index contributed by atoms with van der Waals surface area (Å²) in [5.74, 6) is 1.92. The molecule has 0 bridgehead atoms. The number of ether oxygens (including phenoxy) is 1. The molecule has 1 aromatic carbocycles. The lowest BCUT2D eigenvalue weighted by molar-refractivity contribution is 0.340. The summed E-state index contributed by atoms with van der Waals surface area (Å²) in [5, 5.41) is 3.50. The number of hydrogen-bond donors (Lipinski definition) is 1. The van der Waals surface area contributed by atoms with Crippen LogP contribution in [0.1, 0.15) is 25.2 Å². The number of nitrogens with one attached hydrogen (secondary N) is 1. The summed E-state index contributed by atoms with van der Waals surface area (Å²) < 4.78 is 10.9. The Labute approximate surface area is 114 Å². The zero-order valence-corrected chi connectivity index (χ0v) is 11.8. The van der Waals surface area contributed by atoms with Gasteiger partial charge in [0.1, 0.15) is 11.5 Å². The van der Waals surface area contributed by atoms with Crippen LogP contribution in [-0.4, -0.2) is 12.6 Å². The van der Waals surface area contributed by atoms with E-state index >= 15 is 0 Å². The number of aryl methyl sites for hydroxylation is 1. The van der Waals surface area contributed by atoms with Gasteiger partial charge in [0.05, 0.1) is 12.9 Å². The Morgan fingerprint density at radius 2 is 2.16 bits per heavy atom. The van der Waals surface area contributed by atoms with Gasteiger partial charge in [-0.05, 0) is 56.7 Å². The quantitative estimate of drug-likeness (QED) is 0.850. The smallest absolute Gasteiger partial charge is 0.119 e. The summed E-state index contributed by atoms with van der Waals surface area (Å²) in [4.78, 5) is 0. The molecule has 1 unspecified atom stereocenters. The molecule has 2 rings (SSSR count). The summed E-state index contributed by atoms with van der Waals surface area (Å²) >= 11 is 0. The lowest BCUT2D eigenvalue weighted by Crippen LogP contribution is -2.18. The van der Waals surface area contributed by atoms with Gasteiger partial charge in [0, 0.05) is 18.2 Å². The second kappa shape index (κ2) is 6.32. The first-order valence-corrected chi connectivity index (χ1v) is 6.71. The van der Waals surface area contributed by atoms with Crippen LogP contribution in [0, 0.1) is 6.92 Å². The molecule has 1 atom stereocenters. The molecule has 19 heavy (non-hydrogen) atoms. The molecule has 0 spiro atoms. The highest BCUT2D eigenvalue weighted by molar-refractivity contribution is 5.54. The van der Waals surface area contributed by atoms with Crippen LogP contribution in [0.3, 0.4) is 0 Å². The van der Waals surface area contributed by atoms with Crippen molar-refractivity contribution >= 4 is 5.69 Å². The van der Waals surface area contributed by atoms with E-state index in [-0.39, 0.29) is 0 Å². The second-order valence-corrected chi connectivity index (χ2v) is 4.74. The maximum absolute atomic E-state index is 5.49. The Balaban J connectivity index is 1.98. The molecule has 0 saturated heterocycles. The third-order valence-corrected chi connectivity index (χ3v) is 3.00. The highest BCUT2D eigenvalue weighted by atomic mass is 16.5. The van der Waals surface area contributed by atoms with E-state index in [1.54, 1.807) is 6.26 Å². The first-order valence-electron chi connectivity index (χ1n) is 6.71. The monoisotopic (exact) mass is 259 g/mol.